The van der Waals surface area contributed by atoms with Gasteiger partial charge in [-0.25, -0.2) is 0 Å². The quantitative estimate of drug-likeness (QED) is 0.592. The fourth-order valence-electron chi connectivity index (χ4n) is 1.83. The van der Waals surface area contributed by atoms with E-state index in [0.29, 0.717) is 17.0 Å². The third-order valence-corrected chi connectivity index (χ3v) is 4.78. The van der Waals surface area contributed by atoms with Gasteiger partial charge >= 0.3 is 0 Å². The predicted molar refractivity (Wildman–Crippen MR) is 84.8 cm³/mol. The molecule has 8 heteroatoms. The van der Waals surface area contributed by atoms with Crippen LogP contribution in [0.1, 0.15) is 43.7 Å². The van der Waals surface area contributed by atoms with Crippen molar-refractivity contribution in [1.29, 1.82) is 0 Å². The van der Waals surface area contributed by atoms with Crippen molar-refractivity contribution in [3.8, 4) is 10.8 Å². The number of unbranched alkanes of at least 4 members (excludes halogenated alkanes) is 1. The molecule has 1 atom stereocenters. The van der Waals surface area contributed by atoms with Crippen LogP contribution in [-0.2, 0) is 6.42 Å². The van der Waals surface area contributed by atoms with Crippen molar-refractivity contribution in [1.82, 2.24) is 20.3 Å². The van der Waals surface area contributed by atoms with Gasteiger partial charge in [0.2, 0.25) is 5.89 Å². The van der Waals surface area contributed by atoms with Crippen LogP contribution >= 0.6 is 23.1 Å². The number of hydrogen-bond donors (Lipinski definition) is 0. The Morgan fingerprint density at radius 2 is 2.27 bits per heavy atom. The average Bonchev–Trinajstić information content (AvgIpc) is 3.25. The minimum Gasteiger partial charge on any atom is -0.410 e. The van der Waals surface area contributed by atoms with E-state index in [9.17, 15) is 0 Å². The van der Waals surface area contributed by atoms with Crippen LogP contribution in [0.3, 0.4) is 0 Å². The lowest BCUT2D eigenvalue weighted by Crippen LogP contribution is -1.91. The summed E-state index contributed by atoms with van der Waals surface area (Å²) < 4.78 is 11.0. The molecular weight excluding hydrogens is 320 g/mol. The molecule has 6 nitrogen and oxygen atoms in total. The number of rotatable bonds is 7. The Morgan fingerprint density at radius 3 is 3.05 bits per heavy atom. The van der Waals surface area contributed by atoms with Crippen LogP contribution in [-0.4, -0.2) is 20.3 Å². The molecule has 0 aliphatic heterocycles. The number of aryl methyl sites for hydroxylation is 1. The van der Waals surface area contributed by atoms with E-state index in [1.807, 2.05) is 24.4 Å². The summed E-state index contributed by atoms with van der Waals surface area (Å²) in [5, 5.41) is 14.6. The highest BCUT2D eigenvalue weighted by Gasteiger charge is 2.19. The van der Waals surface area contributed by atoms with Crippen molar-refractivity contribution in [2.75, 3.05) is 0 Å². The van der Waals surface area contributed by atoms with Crippen LogP contribution < -0.4 is 0 Å². The number of nitrogens with zero attached hydrogens (tertiary/aromatic N) is 4. The van der Waals surface area contributed by atoms with Crippen molar-refractivity contribution < 1.29 is 8.94 Å². The minimum atomic E-state index is -0.0282. The van der Waals surface area contributed by atoms with Gasteiger partial charge in [-0.1, -0.05) is 36.3 Å². The maximum Gasteiger partial charge on any atom is 0.277 e. The summed E-state index contributed by atoms with van der Waals surface area (Å²) >= 11 is 2.99. The largest absolute Gasteiger partial charge is 0.410 e. The standard InChI is InChI=1S/C14H16N4O2S2/c1-3-4-7-11-15-12(20-18-11)9(2)22-14-17-16-13(19-14)10-6-5-8-21-10/h5-6,8-9H,3-4,7H2,1-2H3. The van der Waals surface area contributed by atoms with Crippen LogP contribution in [0.15, 0.2) is 31.7 Å². The number of thiophene rings is 1. The molecule has 0 saturated carbocycles. The van der Waals surface area contributed by atoms with Gasteiger partial charge in [-0.3, -0.25) is 0 Å². The molecule has 0 spiro atoms. The first kappa shape index (κ1) is 15.2. The van der Waals surface area contributed by atoms with Gasteiger partial charge in [0.1, 0.15) is 0 Å². The average molecular weight is 336 g/mol. The molecule has 3 rings (SSSR count). The summed E-state index contributed by atoms with van der Waals surface area (Å²) in [6.07, 6.45) is 3.02. The van der Waals surface area contributed by atoms with Crippen molar-refractivity contribution in [2.45, 2.75) is 43.6 Å². The van der Waals surface area contributed by atoms with Crippen LogP contribution in [0.2, 0.25) is 0 Å². The molecule has 1 unspecified atom stereocenters. The van der Waals surface area contributed by atoms with Crippen LogP contribution in [0.5, 0.6) is 0 Å². The third-order valence-electron chi connectivity index (χ3n) is 3.00. The highest BCUT2D eigenvalue weighted by Crippen LogP contribution is 2.35. The summed E-state index contributed by atoms with van der Waals surface area (Å²) in [4.78, 5) is 5.38. The molecule has 0 fully saturated rings. The van der Waals surface area contributed by atoms with Crippen LogP contribution in [0.4, 0.5) is 0 Å². The van der Waals surface area contributed by atoms with E-state index >= 15 is 0 Å². The summed E-state index contributed by atoms with van der Waals surface area (Å²) in [5.74, 6) is 1.89. The molecule has 22 heavy (non-hydrogen) atoms. The molecule has 3 aromatic heterocycles. The Bertz CT molecular complexity index is 708. The Hall–Kier alpha value is -1.67. The van der Waals surface area contributed by atoms with Crippen LogP contribution in [0.25, 0.3) is 10.8 Å². The van der Waals surface area contributed by atoms with E-state index in [2.05, 4.69) is 27.3 Å². The molecule has 0 amide bonds. The van der Waals surface area contributed by atoms with Gasteiger partial charge in [0, 0.05) is 6.42 Å². The van der Waals surface area contributed by atoms with Crippen LogP contribution in [0, 0.1) is 0 Å². The molecule has 0 bridgehead atoms. The molecule has 0 aliphatic carbocycles. The third kappa shape index (κ3) is 3.56. The fourth-order valence-corrected chi connectivity index (χ4v) is 3.19. The van der Waals surface area contributed by atoms with E-state index in [0.717, 1.165) is 30.0 Å². The molecule has 3 aromatic rings. The molecule has 3 heterocycles. The van der Waals surface area contributed by atoms with Gasteiger partial charge in [0.15, 0.2) is 5.82 Å². The SMILES string of the molecule is CCCCc1noc(C(C)Sc2nnc(-c3cccs3)o2)n1. The van der Waals surface area contributed by atoms with E-state index < -0.39 is 0 Å². The second-order valence-corrected chi connectivity index (χ2v) is 7.00. The minimum absolute atomic E-state index is 0.0282. The molecule has 0 saturated heterocycles. The number of aromatic nitrogens is 4. The van der Waals surface area contributed by atoms with Gasteiger partial charge in [0.05, 0.1) is 10.1 Å². The second-order valence-electron chi connectivity index (χ2n) is 4.76. The Kier molecular flexibility index (Phi) is 4.89. The van der Waals surface area contributed by atoms with Gasteiger partial charge in [-0.15, -0.1) is 21.5 Å². The zero-order chi connectivity index (χ0) is 15.4. The molecule has 0 N–H and O–H groups in total. The first-order chi connectivity index (χ1) is 10.8. The Labute approximate surface area is 136 Å². The molecular formula is C14H16N4O2S2. The summed E-state index contributed by atoms with van der Waals surface area (Å²) in [6.45, 7) is 4.12. The van der Waals surface area contributed by atoms with Crippen molar-refractivity contribution in [2.24, 2.45) is 0 Å². The van der Waals surface area contributed by atoms with E-state index in [1.54, 1.807) is 11.3 Å². The predicted octanol–water partition coefficient (Wildman–Crippen LogP) is 4.38. The topological polar surface area (TPSA) is 77.8 Å². The maximum absolute atomic E-state index is 5.65. The van der Waals surface area contributed by atoms with Gasteiger partial charge in [0.25, 0.3) is 11.1 Å². The summed E-state index contributed by atoms with van der Waals surface area (Å²) in [7, 11) is 0. The lowest BCUT2D eigenvalue weighted by atomic mass is 10.2. The first-order valence-corrected chi connectivity index (χ1v) is 8.88. The van der Waals surface area contributed by atoms with E-state index in [4.69, 9.17) is 8.94 Å². The van der Waals surface area contributed by atoms with Gasteiger partial charge < -0.3 is 8.94 Å². The molecule has 0 radical (unpaired) electrons. The normalized spacial score (nSPS) is 12.6. The monoisotopic (exact) mass is 336 g/mol. The number of hydrogen-bond acceptors (Lipinski definition) is 8. The van der Waals surface area contributed by atoms with Crippen molar-refractivity contribution in [3.05, 3.63) is 29.2 Å². The van der Waals surface area contributed by atoms with Crippen molar-refractivity contribution >= 4 is 23.1 Å². The smallest absolute Gasteiger partial charge is 0.277 e. The zero-order valence-electron chi connectivity index (χ0n) is 12.4. The zero-order valence-corrected chi connectivity index (χ0v) is 14.0. The fraction of sp³-hybridized carbons (Fsp3) is 0.429. The molecule has 116 valence electrons. The summed E-state index contributed by atoms with van der Waals surface area (Å²) in [5.41, 5.74) is 0. The maximum atomic E-state index is 5.65. The van der Waals surface area contributed by atoms with E-state index in [-0.39, 0.29) is 5.25 Å². The second kappa shape index (κ2) is 7.06. The highest BCUT2D eigenvalue weighted by atomic mass is 32.2. The molecule has 0 aliphatic rings. The lowest BCUT2D eigenvalue weighted by molar-refractivity contribution is 0.373. The van der Waals surface area contributed by atoms with Gasteiger partial charge in [-0.05, 0) is 24.8 Å². The van der Waals surface area contributed by atoms with Crippen molar-refractivity contribution in [3.63, 3.8) is 0 Å². The number of thioether (sulfide) groups is 1. The lowest BCUT2D eigenvalue weighted by Gasteiger charge is -2.00. The van der Waals surface area contributed by atoms with Gasteiger partial charge in [-0.2, -0.15) is 4.98 Å². The summed E-state index contributed by atoms with van der Waals surface area (Å²) in [6, 6.07) is 3.91. The first-order valence-electron chi connectivity index (χ1n) is 7.12. The Morgan fingerprint density at radius 1 is 1.36 bits per heavy atom. The van der Waals surface area contributed by atoms with E-state index in [1.165, 1.54) is 11.8 Å². The Balaban J connectivity index is 1.64. The molecule has 0 aromatic carbocycles. The highest BCUT2D eigenvalue weighted by molar-refractivity contribution is 7.99.